The predicted molar refractivity (Wildman–Crippen MR) is 146 cm³/mol. The van der Waals surface area contributed by atoms with Gasteiger partial charge in [0.2, 0.25) is 0 Å². The second-order valence-electron chi connectivity index (χ2n) is 8.50. The Bertz CT molecular complexity index is 1610. The van der Waals surface area contributed by atoms with Gasteiger partial charge in [-0.25, -0.2) is 14.4 Å². The van der Waals surface area contributed by atoms with E-state index < -0.39 is 5.41 Å². The smallest absolute Gasteiger partial charge is 0.252 e. The maximum absolute atomic E-state index is 14.1. The van der Waals surface area contributed by atoms with E-state index in [-0.39, 0.29) is 11.4 Å². The van der Waals surface area contributed by atoms with E-state index in [1.54, 1.807) is 31.6 Å². The van der Waals surface area contributed by atoms with Gasteiger partial charge in [0.05, 0.1) is 17.4 Å². The van der Waals surface area contributed by atoms with Crippen LogP contribution in [0.15, 0.2) is 84.2 Å². The summed E-state index contributed by atoms with van der Waals surface area (Å²) in [4.78, 5) is 21.9. The summed E-state index contributed by atoms with van der Waals surface area (Å²) in [6.45, 7) is 0. The van der Waals surface area contributed by atoms with Gasteiger partial charge in [0.25, 0.3) is 5.56 Å². The van der Waals surface area contributed by atoms with Crippen molar-refractivity contribution in [2.75, 3.05) is 4.43 Å². The summed E-state index contributed by atoms with van der Waals surface area (Å²) in [6, 6.07) is 17.7. The number of aromatic nitrogens is 4. The Morgan fingerprint density at radius 1 is 1.03 bits per heavy atom. The third-order valence-corrected chi connectivity index (χ3v) is 7.89. The molecular weight excluding hydrogens is 578 g/mol. The SMILES string of the molecule is Cn1cncc1[C@@](CI)(c1ccc(Cl)cc1)c1cnc2c(c1)c(-c1cccc(F)c1)cc(=O)n2C. The number of halogens is 3. The number of rotatable bonds is 5. The lowest BCUT2D eigenvalue weighted by Gasteiger charge is -2.34. The van der Waals surface area contributed by atoms with Crippen molar-refractivity contribution >= 4 is 45.2 Å². The largest absolute Gasteiger partial charge is 0.337 e. The van der Waals surface area contributed by atoms with Crippen LogP contribution in [-0.2, 0) is 19.5 Å². The van der Waals surface area contributed by atoms with E-state index in [1.807, 2.05) is 48.3 Å². The van der Waals surface area contributed by atoms with Gasteiger partial charge in [0, 0.05) is 47.4 Å². The van der Waals surface area contributed by atoms with Gasteiger partial charge in [-0.2, -0.15) is 0 Å². The second kappa shape index (κ2) is 9.20. The zero-order valence-corrected chi connectivity index (χ0v) is 22.0. The molecule has 0 fully saturated rings. The van der Waals surface area contributed by atoms with Gasteiger partial charge in [-0.15, -0.1) is 0 Å². The Hall–Kier alpha value is -3.04. The van der Waals surface area contributed by atoms with Crippen molar-refractivity contribution in [2.45, 2.75) is 5.41 Å². The number of imidazole rings is 1. The van der Waals surface area contributed by atoms with Crippen LogP contribution in [0.4, 0.5) is 4.39 Å². The van der Waals surface area contributed by atoms with Gasteiger partial charge in [0.15, 0.2) is 0 Å². The number of hydrogen-bond donors (Lipinski definition) is 0. The highest BCUT2D eigenvalue weighted by Gasteiger charge is 2.38. The summed E-state index contributed by atoms with van der Waals surface area (Å²) >= 11 is 8.61. The molecule has 0 radical (unpaired) electrons. The summed E-state index contributed by atoms with van der Waals surface area (Å²) in [5, 5.41) is 1.42. The van der Waals surface area contributed by atoms with E-state index in [1.165, 1.54) is 16.7 Å². The molecule has 0 aliphatic heterocycles. The first kappa shape index (κ1) is 23.7. The molecule has 3 heterocycles. The first-order chi connectivity index (χ1) is 16.8. The molecule has 5 aromatic rings. The van der Waals surface area contributed by atoms with E-state index in [0.29, 0.717) is 26.2 Å². The standard InChI is InChI=1S/C27H21ClFIN4O/c1-33-16-31-14-24(33)27(15-30,18-6-8-20(28)9-7-18)19-11-23-22(17-4-3-5-21(29)10-17)12-25(35)34(2)26(23)32-13-19/h3-14,16H,15H2,1-2H3/t27-/m0/s1. The van der Waals surface area contributed by atoms with Gasteiger partial charge < -0.3 is 4.57 Å². The topological polar surface area (TPSA) is 52.7 Å². The zero-order valence-electron chi connectivity index (χ0n) is 19.0. The van der Waals surface area contributed by atoms with Crippen LogP contribution in [0, 0.1) is 5.82 Å². The lowest BCUT2D eigenvalue weighted by Crippen LogP contribution is -2.33. The van der Waals surface area contributed by atoms with Crippen LogP contribution in [0.1, 0.15) is 16.8 Å². The normalized spacial score (nSPS) is 13.2. The van der Waals surface area contributed by atoms with Crippen molar-refractivity contribution in [3.05, 3.63) is 117 Å². The fourth-order valence-electron chi connectivity index (χ4n) is 4.64. The van der Waals surface area contributed by atoms with Crippen molar-refractivity contribution < 1.29 is 4.39 Å². The molecule has 2 aromatic carbocycles. The maximum atomic E-state index is 14.1. The third kappa shape index (κ3) is 3.96. The quantitative estimate of drug-likeness (QED) is 0.187. The minimum atomic E-state index is -0.592. The highest BCUT2D eigenvalue weighted by Crippen LogP contribution is 2.42. The maximum Gasteiger partial charge on any atom is 0.252 e. The number of hydrogen-bond acceptors (Lipinski definition) is 3. The molecule has 0 unspecified atom stereocenters. The lowest BCUT2D eigenvalue weighted by molar-refractivity contribution is 0.628. The monoisotopic (exact) mass is 598 g/mol. The van der Waals surface area contributed by atoms with E-state index in [9.17, 15) is 9.18 Å². The average Bonchev–Trinajstić information content (AvgIpc) is 3.29. The zero-order chi connectivity index (χ0) is 24.7. The Labute approximate surface area is 220 Å². The van der Waals surface area contributed by atoms with Gasteiger partial charge in [0.1, 0.15) is 11.5 Å². The third-order valence-electron chi connectivity index (χ3n) is 6.49. The molecule has 0 aliphatic rings. The van der Waals surface area contributed by atoms with Crippen LogP contribution in [0.3, 0.4) is 0 Å². The summed E-state index contributed by atoms with van der Waals surface area (Å²) in [5.41, 5.74) is 3.96. The molecule has 176 valence electrons. The van der Waals surface area contributed by atoms with Gasteiger partial charge in [-0.1, -0.05) is 58.5 Å². The Kier molecular flexibility index (Phi) is 6.23. The van der Waals surface area contributed by atoms with Gasteiger partial charge in [-0.05, 0) is 52.6 Å². The number of aryl methyl sites for hydroxylation is 2. The van der Waals surface area contributed by atoms with Crippen molar-refractivity contribution in [3.8, 4) is 11.1 Å². The Morgan fingerprint density at radius 2 is 1.80 bits per heavy atom. The molecule has 0 saturated heterocycles. The number of nitrogens with zero attached hydrogens (tertiary/aromatic N) is 4. The molecule has 5 nitrogen and oxygen atoms in total. The van der Waals surface area contributed by atoms with Crippen LogP contribution in [0.25, 0.3) is 22.2 Å². The fraction of sp³-hybridized carbons (Fsp3) is 0.148. The first-order valence-corrected chi connectivity index (χ1v) is 12.8. The van der Waals surface area contributed by atoms with E-state index in [2.05, 4.69) is 33.6 Å². The number of alkyl halides is 1. The molecule has 5 rings (SSSR count). The molecule has 8 heteroatoms. The minimum Gasteiger partial charge on any atom is -0.337 e. The molecule has 0 aliphatic carbocycles. The van der Waals surface area contributed by atoms with E-state index in [4.69, 9.17) is 16.6 Å². The van der Waals surface area contributed by atoms with Gasteiger partial charge >= 0.3 is 0 Å². The second-order valence-corrected chi connectivity index (χ2v) is 9.70. The molecule has 0 spiro atoms. The fourth-order valence-corrected chi connectivity index (χ4v) is 6.04. The first-order valence-electron chi connectivity index (χ1n) is 10.9. The molecule has 0 saturated carbocycles. The molecule has 0 bridgehead atoms. The Balaban J connectivity index is 1.87. The average molecular weight is 599 g/mol. The van der Waals surface area contributed by atoms with Crippen LogP contribution in [-0.4, -0.2) is 23.5 Å². The van der Waals surface area contributed by atoms with Crippen molar-refractivity contribution in [1.82, 2.24) is 19.1 Å². The van der Waals surface area contributed by atoms with Crippen molar-refractivity contribution in [3.63, 3.8) is 0 Å². The summed E-state index contributed by atoms with van der Waals surface area (Å²) < 4.78 is 18.3. The molecular formula is C27H21ClFIN4O. The van der Waals surface area contributed by atoms with Crippen LogP contribution < -0.4 is 5.56 Å². The van der Waals surface area contributed by atoms with Crippen molar-refractivity contribution in [2.24, 2.45) is 14.1 Å². The minimum absolute atomic E-state index is 0.207. The highest BCUT2D eigenvalue weighted by molar-refractivity contribution is 14.1. The van der Waals surface area contributed by atoms with Crippen LogP contribution >= 0.6 is 34.2 Å². The highest BCUT2D eigenvalue weighted by atomic mass is 127. The molecule has 0 N–H and O–H groups in total. The van der Waals surface area contributed by atoms with E-state index in [0.717, 1.165) is 22.2 Å². The van der Waals surface area contributed by atoms with Crippen molar-refractivity contribution in [1.29, 1.82) is 0 Å². The number of pyridine rings is 2. The molecule has 0 amide bonds. The van der Waals surface area contributed by atoms with E-state index >= 15 is 0 Å². The number of benzene rings is 2. The number of fused-ring (bicyclic) bond motifs is 1. The molecule has 1 atom stereocenters. The summed E-state index contributed by atoms with van der Waals surface area (Å²) in [7, 11) is 3.66. The summed E-state index contributed by atoms with van der Waals surface area (Å²) in [5.74, 6) is -0.363. The Morgan fingerprint density at radius 3 is 2.46 bits per heavy atom. The van der Waals surface area contributed by atoms with Crippen LogP contribution in [0.2, 0.25) is 5.02 Å². The predicted octanol–water partition coefficient (Wildman–Crippen LogP) is 5.90. The molecule has 35 heavy (non-hydrogen) atoms. The van der Waals surface area contributed by atoms with Gasteiger partial charge in [-0.3, -0.25) is 9.36 Å². The van der Waals surface area contributed by atoms with Crippen LogP contribution in [0.5, 0.6) is 0 Å². The summed E-state index contributed by atoms with van der Waals surface area (Å²) in [6.07, 6.45) is 5.46. The lowest BCUT2D eigenvalue weighted by atomic mass is 9.74. The molecule has 3 aromatic heterocycles.